The second kappa shape index (κ2) is 14.9. The van der Waals surface area contributed by atoms with Crippen LogP contribution in [0.5, 0.6) is 5.75 Å². The van der Waals surface area contributed by atoms with Gasteiger partial charge in [-0.15, -0.1) is 0 Å². The number of nitrogens with zero attached hydrogens (tertiary/aromatic N) is 4. The predicted molar refractivity (Wildman–Crippen MR) is 168 cm³/mol. The van der Waals surface area contributed by atoms with Crippen LogP contribution in [-0.4, -0.2) is 24.7 Å². The Balaban J connectivity index is 1.75. The first-order valence-corrected chi connectivity index (χ1v) is 14.5. The summed E-state index contributed by atoms with van der Waals surface area (Å²) < 4.78 is 53.1. The van der Waals surface area contributed by atoms with Gasteiger partial charge < -0.3 is 9.47 Å². The lowest BCUT2D eigenvalue weighted by Gasteiger charge is -2.26. The molecule has 0 spiro atoms. The highest BCUT2D eigenvalue weighted by atomic mass is 35.5. The van der Waals surface area contributed by atoms with Gasteiger partial charge in [-0.1, -0.05) is 85.2 Å². The maximum Gasteiger partial charge on any atom is 0.416 e. The van der Waals surface area contributed by atoms with Crippen LogP contribution in [0.25, 0.3) is 21.6 Å². The number of alkyl halides is 3. The van der Waals surface area contributed by atoms with Gasteiger partial charge in [-0.3, -0.25) is 4.90 Å². The number of carbonyl (C=O) groups is 1. The molecule has 0 N–H and O–H groups in total. The molecular formula is C34H32ClF3N4O3. The highest BCUT2D eigenvalue weighted by Gasteiger charge is 2.32. The maximum absolute atomic E-state index is 14.0. The fourth-order valence-corrected chi connectivity index (χ4v) is 4.96. The van der Waals surface area contributed by atoms with Gasteiger partial charge in [-0.2, -0.15) is 13.2 Å². The van der Waals surface area contributed by atoms with Gasteiger partial charge in [-0.05, 0) is 75.7 Å². The van der Waals surface area contributed by atoms with Crippen molar-refractivity contribution in [3.8, 4) is 16.9 Å². The Morgan fingerprint density at radius 2 is 1.62 bits per heavy atom. The zero-order valence-electron chi connectivity index (χ0n) is 25.0. The Labute approximate surface area is 264 Å². The second-order valence-corrected chi connectivity index (χ2v) is 11.1. The number of azide groups is 1. The molecule has 0 aliphatic rings. The molecule has 4 rings (SSSR count). The molecule has 1 atom stereocenters. The van der Waals surface area contributed by atoms with E-state index in [0.29, 0.717) is 27.5 Å². The van der Waals surface area contributed by atoms with Gasteiger partial charge in [0.1, 0.15) is 12.4 Å². The number of halogens is 4. The van der Waals surface area contributed by atoms with Crippen LogP contribution in [0.15, 0.2) is 96.1 Å². The van der Waals surface area contributed by atoms with Gasteiger partial charge in [0.15, 0.2) is 0 Å². The molecule has 0 saturated heterocycles. The minimum Gasteiger partial charge on any atom is -0.496 e. The molecule has 0 aliphatic heterocycles. The molecule has 45 heavy (non-hydrogen) atoms. The van der Waals surface area contributed by atoms with Gasteiger partial charge in [-0.25, -0.2) is 4.79 Å². The number of rotatable bonds is 11. The third-order valence-corrected chi connectivity index (χ3v) is 7.51. The van der Waals surface area contributed by atoms with Crippen molar-refractivity contribution in [2.45, 2.75) is 45.1 Å². The van der Waals surface area contributed by atoms with E-state index in [1.165, 1.54) is 18.1 Å². The number of ether oxygens (including phenoxy) is 2. The molecule has 0 bridgehead atoms. The van der Waals surface area contributed by atoms with E-state index in [1.807, 2.05) is 32.0 Å². The van der Waals surface area contributed by atoms with Gasteiger partial charge in [0, 0.05) is 28.6 Å². The number of amides is 1. The van der Waals surface area contributed by atoms with Crippen LogP contribution in [-0.2, 0) is 24.0 Å². The number of methoxy groups -OCH3 is 1. The molecule has 0 heterocycles. The third-order valence-electron chi connectivity index (χ3n) is 7.26. The van der Waals surface area contributed by atoms with Crippen LogP contribution in [0, 0.1) is 0 Å². The van der Waals surface area contributed by atoms with E-state index < -0.39 is 23.9 Å². The molecular weight excluding hydrogens is 605 g/mol. The summed E-state index contributed by atoms with van der Waals surface area (Å²) in [5.41, 5.74) is 11.9. The average Bonchev–Trinajstić information content (AvgIpc) is 3.02. The fourth-order valence-electron chi connectivity index (χ4n) is 4.84. The number of carbonyl (C=O) groups excluding carboxylic acids is 1. The minimum atomic E-state index is -4.61. The summed E-state index contributed by atoms with van der Waals surface area (Å²) >= 11 is 5.98. The topological polar surface area (TPSA) is 87.5 Å². The van der Waals surface area contributed by atoms with Gasteiger partial charge in [0.05, 0.1) is 18.7 Å². The summed E-state index contributed by atoms with van der Waals surface area (Å²) in [6, 6.07) is 23.8. The Kier molecular flexibility index (Phi) is 11.0. The molecule has 234 valence electrons. The first-order valence-electron chi connectivity index (χ1n) is 14.1. The van der Waals surface area contributed by atoms with Gasteiger partial charge >= 0.3 is 12.3 Å². The summed E-state index contributed by atoms with van der Waals surface area (Å²) in [5.74, 6) is 0.638. The van der Waals surface area contributed by atoms with Crippen LogP contribution in [0.4, 0.5) is 18.0 Å². The zero-order chi connectivity index (χ0) is 32.6. The fraction of sp³-hybridized carbons (Fsp3) is 0.265. The van der Waals surface area contributed by atoms with Crippen molar-refractivity contribution in [3.05, 3.63) is 134 Å². The molecule has 4 aromatic carbocycles. The van der Waals surface area contributed by atoms with Crippen LogP contribution < -0.4 is 4.74 Å². The Hall–Kier alpha value is -4.66. The van der Waals surface area contributed by atoms with E-state index >= 15 is 0 Å². The summed E-state index contributed by atoms with van der Waals surface area (Å²) in [6.45, 7) is 3.57. The van der Waals surface area contributed by atoms with E-state index in [4.69, 9.17) is 26.6 Å². The number of benzene rings is 4. The van der Waals surface area contributed by atoms with E-state index in [9.17, 15) is 18.0 Å². The molecule has 1 unspecified atom stereocenters. The third kappa shape index (κ3) is 8.71. The lowest BCUT2D eigenvalue weighted by atomic mass is 9.92. The van der Waals surface area contributed by atoms with E-state index in [1.54, 1.807) is 54.6 Å². The largest absolute Gasteiger partial charge is 0.496 e. The van der Waals surface area contributed by atoms with Crippen molar-refractivity contribution in [2.24, 2.45) is 5.11 Å². The van der Waals surface area contributed by atoms with Crippen molar-refractivity contribution in [3.63, 3.8) is 0 Å². The van der Waals surface area contributed by atoms with Crippen molar-refractivity contribution in [2.75, 3.05) is 13.7 Å². The predicted octanol–water partition coefficient (Wildman–Crippen LogP) is 10.3. The lowest BCUT2D eigenvalue weighted by Crippen LogP contribution is -2.32. The smallest absolute Gasteiger partial charge is 0.416 e. The molecule has 0 aromatic heterocycles. The summed E-state index contributed by atoms with van der Waals surface area (Å²) in [5, 5.41) is 4.24. The monoisotopic (exact) mass is 636 g/mol. The summed E-state index contributed by atoms with van der Waals surface area (Å²) in [4.78, 5) is 17.8. The Bertz CT molecular complexity index is 1660. The summed E-state index contributed by atoms with van der Waals surface area (Å²) in [6.07, 6.45) is -5.40. The molecule has 0 saturated carbocycles. The summed E-state index contributed by atoms with van der Waals surface area (Å²) in [7, 11) is 1.50. The molecule has 11 heteroatoms. The highest BCUT2D eigenvalue weighted by Crippen LogP contribution is 2.39. The van der Waals surface area contributed by atoms with E-state index in [0.717, 1.165) is 23.3 Å². The standard InChI is InChI=1S/C34H32ClF3N4O3/c1-22(2)25-11-16-32(44-3)30(18-25)29-15-12-27(34(36,37)38)17-26(29)20-42(19-23-7-5-4-6-8-23)33(43)45-21-31(40-41-39)24-9-13-28(35)14-10-24/h4-18,22,31H,19-21H2,1-3H3. The molecule has 0 radical (unpaired) electrons. The zero-order valence-corrected chi connectivity index (χ0v) is 25.7. The lowest BCUT2D eigenvalue weighted by molar-refractivity contribution is -0.137. The quantitative estimate of drug-likeness (QED) is 0.0932. The van der Waals surface area contributed by atoms with Crippen LogP contribution in [0.1, 0.15) is 53.6 Å². The van der Waals surface area contributed by atoms with Gasteiger partial charge in [0.2, 0.25) is 0 Å². The maximum atomic E-state index is 14.0. The molecule has 0 fully saturated rings. The van der Waals surface area contributed by atoms with Gasteiger partial charge in [0.25, 0.3) is 0 Å². The molecule has 4 aromatic rings. The molecule has 7 nitrogen and oxygen atoms in total. The molecule has 1 amide bonds. The van der Waals surface area contributed by atoms with Crippen molar-refractivity contribution >= 4 is 17.7 Å². The minimum absolute atomic E-state index is 0.0473. The Morgan fingerprint density at radius 1 is 0.933 bits per heavy atom. The molecule has 0 aliphatic carbocycles. The van der Waals surface area contributed by atoms with E-state index in [-0.39, 0.29) is 31.2 Å². The van der Waals surface area contributed by atoms with Crippen molar-refractivity contribution in [1.29, 1.82) is 0 Å². The second-order valence-electron chi connectivity index (χ2n) is 10.7. The normalized spacial score (nSPS) is 11.9. The van der Waals surface area contributed by atoms with Crippen LogP contribution in [0.3, 0.4) is 0 Å². The SMILES string of the molecule is COc1ccc(C(C)C)cc1-c1ccc(C(F)(F)F)cc1CN(Cc1ccccc1)C(=O)OCC(N=[N+]=[N-])c1ccc(Cl)cc1. The number of hydrogen-bond acceptors (Lipinski definition) is 4. The highest BCUT2D eigenvalue weighted by molar-refractivity contribution is 6.30. The first-order chi connectivity index (χ1) is 21.5. The first kappa shape index (κ1) is 33.2. The Morgan fingerprint density at radius 3 is 2.24 bits per heavy atom. The van der Waals surface area contributed by atoms with Crippen LogP contribution >= 0.6 is 11.6 Å². The van der Waals surface area contributed by atoms with Crippen molar-refractivity contribution in [1.82, 2.24) is 4.90 Å². The average molecular weight is 637 g/mol. The van der Waals surface area contributed by atoms with Crippen LogP contribution in [0.2, 0.25) is 5.02 Å². The number of hydrogen-bond donors (Lipinski definition) is 0. The van der Waals surface area contributed by atoms with E-state index in [2.05, 4.69) is 10.0 Å². The van der Waals surface area contributed by atoms with Crippen molar-refractivity contribution < 1.29 is 27.4 Å².